The predicted octanol–water partition coefficient (Wildman–Crippen LogP) is 3.60. The van der Waals surface area contributed by atoms with Gasteiger partial charge in [0.25, 0.3) is 5.91 Å². The first kappa shape index (κ1) is 15.0. The number of nitrogens with two attached hydrogens (primary N) is 1. The molecule has 124 valence electrons. The summed E-state index contributed by atoms with van der Waals surface area (Å²) in [6.45, 7) is 0. The molecule has 4 rings (SSSR count). The second-order valence-corrected chi connectivity index (χ2v) is 5.54. The van der Waals surface area contributed by atoms with Crippen molar-refractivity contribution in [1.29, 1.82) is 0 Å². The molecule has 0 fully saturated rings. The normalized spacial score (nSPS) is 10.9. The number of primary amides is 1. The number of oxazole rings is 1. The van der Waals surface area contributed by atoms with E-state index in [0.717, 1.165) is 16.5 Å². The largest absolute Gasteiger partial charge is 0.497 e. The summed E-state index contributed by atoms with van der Waals surface area (Å²) in [6, 6.07) is 15.0. The number of hydrogen-bond donors (Lipinski definition) is 2. The fourth-order valence-corrected chi connectivity index (χ4v) is 2.79. The van der Waals surface area contributed by atoms with Crippen molar-refractivity contribution in [3.8, 4) is 28.5 Å². The predicted molar refractivity (Wildman–Crippen MR) is 94.3 cm³/mol. The molecule has 0 spiro atoms. The molecule has 0 aliphatic rings. The number of aromatic nitrogens is 2. The number of benzene rings is 2. The number of fused-ring (bicyclic) bond motifs is 1. The lowest BCUT2D eigenvalue weighted by Gasteiger charge is -2.01. The Labute approximate surface area is 143 Å². The number of methoxy groups -OCH3 is 1. The van der Waals surface area contributed by atoms with E-state index < -0.39 is 5.91 Å². The van der Waals surface area contributed by atoms with E-state index >= 15 is 0 Å². The van der Waals surface area contributed by atoms with Crippen LogP contribution in [0.3, 0.4) is 0 Å². The van der Waals surface area contributed by atoms with Crippen molar-refractivity contribution in [3.63, 3.8) is 0 Å². The van der Waals surface area contributed by atoms with Crippen molar-refractivity contribution in [1.82, 2.24) is 9.97 Å². The number of rotatable bonds is 4. The van der Waals surface area contributed by atoms with Crippen LogP contribution in [0.25, 0.3) is 33.7 Å². The average molecular weight is 333 g/mol. The van der Waals surface area contributed by atoms with Crippen molar-refractivity contribution in [2.24, 2.45) is 5.73 Å². The number of hydrogen-bond acceptors (Lipinski definition) is 4. The van der Waals surface area contributed by atoms with E-state index in [4.69, 9.17) is 14.9 Å². The number of aromatic amines is 1. The Kier molecular flexibility index (Phi) is 3.50. The van der Waals surface area contributed by atoms with Crippen molar-refractivity contribution < 1.29 is 13.9 Å². The first-order valence-electron chi connectivity index (χ1n) is 7.69. The smallest absolute Gasteiger partial charge is 0.271 e. The minimum atomic E-state index is -0.638. The van der Waals surface area contributed by atoms with Crippen LogP contribution in [-0.2, 0) is 0 Å². The van der Waals surface area contributed by atoms with Gasteiger partial charge >= 0.3 is 0 Å². The second-order valence-electron chi connectivity index (χ2n) is 5.54. The summed E-state index contributed by atoms with van der Waals surface area (Å²) >= 11 is 0. The Morgan fingerprint density at radius 2 is 1.92 bits per heavy atom. The third kappa shape index (κ3) is 2.53. The SMILES string of the molecule is COc1ccc(-c2oc(-c3c[nH]c4ccccc34)nc2C(N)=O)cc1. The van der Waals surface area contributed by atoms with Gasteiger partial charge in [0.15, 0.2) is 11.5 Å². The number of para-hydroxylation sites is 1. The van der Waals surface area contributed by atoms with Crippen molar-refractivity contribution in [3.05, 3.63) is 60.4 Å². The van der Waals surface area contributed by atoms with Crippen LogP contribution < -0.4 is 10.5 Å². The van der Waals surface area contributed by atoms with E-state index in [1.807, 2.05) is 24.3 Å². The number of H-pyrrole nitrogens is 1. The molecule has 0 aliphatic heterocycles. The van der Waals surface area contributed by atoms with Crippen LogP contribution >= 0.6 is 0 Å². The highest BCUT2D eigenvalue weighted by Gasteiger charge is 2.21. The molecule has 1 amide bonds. The lowest BCUT2D eigenvalue weighted by Crippen LogP contribution is -2.12. The molecule has 0 bridgehead atoms. The molecule has 0 saturated carbocycles. The maximum Gasteiger partial charge on any atom is 0.271 e. The highest BCUT2D eigenvalue weighted by molar-refractivity contribution is 5.99. The van der Waals surface area contributed by atoms with Gasteiger partial charge in [-0.2, -0.15) is 0 Å². The van der Waals surface area contributed by atoms with Crippen LogP contribution in [-0.4, -0.2) is 23.0 Å². The number of carbonyl (C=O) groups is 1. The summed E-state index contributed by atoms with van der Waals surface area (Å²) in [4.78, 5) is 19.3. The summed E-state index contributed by atoms with van der Waals surface area (Å²) in [5, 5.41) is 0.959. The van der Waals surface area contributed by atoms with E-state index in [1.54, 1.807) is 37.6 Å². The first-order valence-corrected chi connectivity index (χ1v) is 7.69. The maximum absolute atomic E-state index is 11.8. The Hall–Kier alpha value is -3.54. The molecular formula is C19H15N3O3. The van der Waals surface area contributed by atoms with Gasteiger partial charge in [0.2, 0.25) is 5.89 Å². The minimum absolute atomic E-state index is 0.102. The number of nitrogens with zero attached hydrogens (tertiary/aromatic N) is 1. The van der Waals surface area contributed by atoms with Gasteiger partial charge < -0.3 is 19.9 Å². The summed E-state index contributed by atoms with van der Waals surface area (Å²) in [5.41, 5.74) is 8.03. The highest BCUT2D eigenvalue weighted by Crippen LogP contribution is 2.33. The first-order chi connectivity index (χ1) is 12.2. The topological polar surface area (TPSA) is 94.1 Å². The molecule has 4 aromatic rings. The summed E-state index contributed by atoms with van der Waals surface area (Å²) in [7, 11) is 1.59. The van der Waals surface area contributed by atoms with Crippen molar-refractivity contribution >= 4 is 16.8 Å². The highest BCUT2D eigenvalue weighted by atomic mass is 16.5. The average Bonchev–Trinajstić information content (AvgIpc) is 3.26. The second kappa shape index (κ2) is 5.83. The Bertz CT molecular complexity index is 1060. The third-order valence-electron chi connectivity index (χ3n) is 4.03. The van der Waals surface area contributed by atoms with E-state index in [1.165, 1.54) is 0 Å². The number of amides is 1. The van der Waals surface area contributed by atoms with Gasteiger partial charge in [-0.15, -0.1) is 0 Å². The lowest BCUT2D eigenvalue weighted by molar-refractivity contribution is 0.0996. The molecule has 3 N–H and O–H groups in total. The van der Waals surface area contributed by atoms with Gasteiger partial charge in [0.1, 0.15) is 5.75 Å². The van der Waals surface area contributed by atoms with Gasteiger partial charge in [-0.25, -0.2) is 4.98 Å². The zero-order chi connectivity index (χ0) is 17.4. The molecule has 2 aromatic heterocycles. The molecule has 6 heteroatoms. The Morgan fingerprint density at radius 1 is 1.16 bits per heavy atom. The zero-order valence-electron chi connectivity index (χ0n) is 13.4. The summed E-state index contributed by atoms with van der Waals surface area (Å²) in [5.74, 6) is 0.758. The van der Waals surface area contributed by atoms with Crippen molar-refractivity contribution in [2.75, 3.05) is 7.11 Å². The van der Waals surface area contributed by atoms with Crippen LogP contribution in [0, 0.1) is 0 Å². The Morgan fingerprint density at radius 3 is 2.64 bits per heavy atom. The zero-order valence-corrected chi connectivity index (χ0v) is 13.4. The van der Waals surface area contributed by atoms with Crippen LogP contribution in [0.2, 0.25) is 0 Å². The molecule has 0 aliphatic carbocycles. The monoisotopic (exact) mass is 333 g/mol. The van der Waals surface area contributed by atoms with E-state index in [-0.39, 0.29) is 5.69 Å². The number of carbonyl (C=O) groups excluding carboxylic acids is 1. The quantitative estimate of drug-likeness (QED) is 0.596. The summed E-state index contributed by atoms with van der Waals surface area (Å²) < 4.78 is 11.1. The molecule has 2 aromatic carbocycles. The van der Waals surface area contributed by atoms with Gasteiger partial charge in [-0.05, 0) is 30.3 Å². The number of nitrogens with one attached hydrogen (secondary N) is 1. The molecular weight excluding hydrogens is 318 g/mol. The van der Waals surface area contributed by atoms with E-state index in [9.17, 15) is 4.79 Å². The summed E-state index contributed by atoms with van der Waals surface area (Å²) in [6.07, 6.45) is 1.80. The van der Waals surface area contributed by atoms with Gasteiger partial charge in [-0.1, -0.05) is 18.2 Å². The van der Waals surface area contributed by atoms with Crippen molar-refractivity contribution in [2.45, 2.75) is 0 Å². The van der Waals surface area contributed by atoms with E-state index in [0.29, 0.717) is 23.0 Å². The third-order valence-corrected chi connectivity index (χ3v) is 4.03. The molecule has 25 heavy (non-hydrogen) atoms. The van der Waals surface area contributed by atoms with Gasteiger partial charge in [0.05, 0.1) is 12.7 Å². The fourth-order valence-electron chi connectivity index (χ4n) is 2.79. The van der Waals surface area contributed by atoms with Crippen LogP contribution in [0.5, 0.6) is 5.75 Å². The van der Waals surface area contributed by atoms with E-state index in [2.05, 4.69) is 9.97 Å². The van der Waals surface area contributed by atoms with Gasteiger partial charge in [-0.3, -0.25) is 4.79 Å². The fraction of sp³-hybridized carbons (Fsp3) is 0.0526. The number of ether oxygens (including phenoxy) is 1. The standard InChI is InChI=1S/C19H15N3O3/c1-24-12-8-6-11(7-9-12)17-16(18(20)23)22-19(25-17)14-10-21-15-5-3-2-4-13(14)15/h2-10,21H,1H3,(H2,20,23). The molecule has 6 nitrogen and oxygen atoms in total. The molecule has 0 saturated heterocycles. The molecule has 0 atom stereocenters. The Balaban J connectivity index is 1.87. The van der Waals surface area contributed by atoms with Crippen LogP contribution in [0.1, 0.15) is 10.5 Å². The lowest BCUT2D eigenvalue weighted by atomic mass is 10.1. The van der Waals surface area contributed by atoms with Crippen LogP contribution in [0.15, 0.2) is 59.1 Å². The minimum Gasteiger partial charge on any atom is -0.497 e. The van der Waals surface area contributed by atoms with Gasteiger partial charge in [0, 0.05) is 22.7 Å². The van der Waals surface area contributed by atoms with Crippen LogP contribution in [0.4, 0.5) is 0 Å². The molecule has 2 heterocycles. The molecule has 0 unspecified atom stereocenters. The molecule has 0 radical (unpaired) electrons. The maximum atomic E-state index is 11.8.